The van der Waals surface area contributed by atoms with Crippen LogP contribution in [0.5, 0.6) is 0 Å². The SMILES string of the molecule is CCC(O)(O)CC(OC(CC(O)(O)CC)(C(O)(O)CC)C(O)(O)CC)(C(O)(O)CC)C(O)(O)CC. The minimum atomic E-state index is -3.40. The van der Waals surface area contributed by atoms with Gasteiger partial charge in [0, 0.05) is 38.5 Å². The van der Waals surface area contributed by atoms with Crippen LogP contribution in [0.1, 0.15) is 92.9 Å². The summed E-state index contributed by atoms with van der Waals surface area (Å²) in [6.07, 6.45) is -6.92. The van der Waals surface area contributed by atoms with Crippen LogP contribution in [0.2, 0.25) is 0 Å². The average molecular weight is 519 g/mol. The highest BCUT2D eigenvalue weighted by Crippen LogP contribution is 2.53. The summed E-state index contributed by atoms with van der Waals surface area (Å²) in [5, 5.41) is 130. The van der Waals surface area contributed by atoms with Crippen molar-refractivity contribution in [3.63, 3.8) is 0 Å². The van der Waals surface area contributed by atoms with Crippen molar-refractivity contribution in [2.45, 2.75) is 139 Å². The molecule has 0 bridgehead atoms. The van der Waals surface area contributed by atoms with Crippen LogP contribution in [-0.2, 0) is 4.74 Å². The van der Waals surface area contributed by atoms with Gasteiger partial charge < -0.3 is 66.0 Å². The van der Waals surface area contributed by atoms with Crippen molar-refractivity contribution in [2.24, 2.45) is 0 Å². The van der Waals surface area contributed by atoms with Crippen molar-refractivity contribution in [2.75, 3.05) is 0 Å². The Morgan fingerprint density at radius 2 is 0.571 bits per heavy atom. The Bertz CT molecular complexity index is 582. The first kappa shape index (κ1) is 34.5. The van der Waals surface area contributed by atoms with Gasteiger partial charge in [0.2, 0.25) is 0 Å². The zero-order valence-electron chi connectivity index (χ0n) is 21.4. The Morgan fingerprint density at radius 3 is 0.714 bits per heavy atom. The van der Waals surface area contributed by atoms with E-state index in [1.807, 2.05) is 0 Å². The van der Waals surface area contributed by atoms with E-state index >= 15 is 0 Å². The maximum Gasteiger partial charge on any atom is 0.198 e. The molecule has 0 aliphatic rings. The number of hydrogen-bond acceptors (Lipinski definition) is 13. The van der Waals surface area contributed by atoms with Crippen LogP contribution in [0.4, 0.5) is 0 Å². The molecule has 0 aliphatic heterocycles. The highest BCUT2D eigenvalue weighted by molar-refractivity contribution is 5.13. The third kappa shape index (κ3) is 6.49. The van der Waals surface area contributed by atoms with Crippen LogP contribution in [0.25, 0.3) is 0 Å². The number of aliphatic hydroxyl groups is 12. The molecule has 0 spiro atoms. The van der Waals surface area contributed by atoms with Gasteiger partial charge in [-0.1, -0.05) is 41.5 Å². The van der Waals surface area contributed by atoms with E-state index in [0.29, 0.717) is 0 Å². The summed E-state index contributed by atoms with van der Waals surface area (Å²) in [7, 11) is 0. The maximum atomic E-state index is 11.0. The minimum absolute atomic E-state index is 0.516. The average Bonchev–Trinajstić information content (AvgIpc) is 2.76. The Labute approximate surface area is 205 Å². The van der Waals surface area contributed by atoms with Crippen LogP contribution < -0.4 is 0 Å². The minimum Gasteiger partial charge on any atom is -0.366 e. The van der Waals surface area contributed by atoms with Crippen LogP contribution >= 0.6 is 0 Å². The summed E-state index contributed by atoms with van der Waals surface area (Å²) in [5.74, 6) is -19.3. The van der Waals surface area contributed by atoms with Gasteiger partial charge in [-0.25, -0.2) is 0 Å². The first-order chi connectivity index (χ1) is 15.5. The third-order valence-electron chi connectivity index (χ3n) is 7.10. The first-order valence-corrected chi connectivity index (χ1v) is 11.9. The van der Waals surface area contributed by atoms with E-state index < -0.39 is 97.3 Å². The molecule has 0 fully saturated rings. The molecule has 0 aromatic rings. The van der Waals surface area contributed by atoms with Crippen molar-refractivity contribution in [3.8, 4) is 0 Å². The van der Waals surface area contributed by atoms with E-state index in [1.54, 1.807) is 0 Å². The van der Waals surface area contributed by atoms with E-state index in [2.05, 4.69) is 0 Å². The molecule has 0 saturated heterocycles. The fourth-order valence-corrected chi connectivity index (χ4v) is 4.09. The summed E-state index contributed by atoms with van der Waals surface area (Å²) >= 11 is 0. The van der Waals surface area contributed by atoms with E-state index in [0.717, 1.165) is 27.7 Å². The molecule has 13 nitrogen and oxygen atoms in total. The second-order valence-electron chi connectivity index (χ2n) is 9.46. The maximum absolute atomic E-state index is 11.0. The molecule has 0 aliphatic carbocycles. The lowest BCUT2D eigenvalue weighted by atomic mass is 9.70. The molecule has 0 unspecified atom stereocenters. The second kappa shape index (κ2) is 11.1. The Balaban J connectivity index is 7.90. The summed E-state index contributed by atoms with van der Waals surface area (Å²) < 4.78 is 5.68. The van der Waals surface area contributed by atoms with E-state index in [4.69, 9.17) is 4.74 Å². The van der Waals surface area contributed by atoms with Gasteiger partial charge in [0.05, 0.1) is 0 Å². The molecule has 0 rings (SSSR count). The Kier molecular flexibility index (Phi) is 10.9. The Hall–Kier alpha value is -0.520. The van der Waals surface area contributed by atoms with Crippen molar-refractivity contribution in [1.29, 1.82) is 0 Å². The van der Waals surface area contributed by atoms with Gasteiger partial charge in [0.1, 0.15) is 0 Å². The van der Waals surface area contributed by atoms with Crippen molar-refractivity contribution in [1.82, 2.24) is 0 Å². The van der Waals surface area contributed by atoms with E-state index in [1.165, 1.54) is 13.8 Å². The van der Waals surface area contributed by atoms with Crippen molar-refractivity contribution in [3.05, 3.63) is 0 Å². The molecule has 13 heteroatoms. The molecule has 0 aromatic carbocycles. The topological polar surface area (TPSA) is 252 Å². The molecular weight excluding hydrogens is 472 g/mol. The molecule has 35 heavy (non-hydrogen) atoms. The second-order valence-corrected chi connectivity index (χ2v) is 9.46. The fraction of sp³-hybridized carbons (Fsp3) is 1.00. The Morgan fingerprint density at radius 1 is 0.371 bits per heavy atom. The van der Waals surface area contributed by atoms with Crippen LogP contribution in [0.3, 0.4) is 0 Å². The molecule has 0 aromatic heterocycles. The van der Waals surface area contributed by atoms with Crippen molar-refractivity contribution < 1.29 is 66.0 Å². The lowest BCUT2D eigenvalue weighted by Crippen LogP contribution is -2.80. The van der Waals surface area contributed by atoms with Crippen LogP contribution in [0, 0.1) is 0 Å². The van der Waals surface area contributed by atoms with E-state index in [9.17, 15) is 61.3 Å². The number of hydrogen-bond donors (Lipinski definition) is 12. The molecule has 0 atom stereocenters. The quantitative estimate of drug-likeness (QED) is 0.0971. The standard InChI is InChI=1S/C22H46O13/c1-7-15(23,24)13-17(19(27,28)9-3,20(29,30)10-4)35-18(21(31,32)11-5,22(33,34)12-6)14-16(25,26)8-2/h23-34H,7-14H2,1-6H3. The lowest BCUT2D eigenvalue weighted by molar-refractivity contribution is -0.490. The highest BCUT2D eigenvalue weighted by atomic mass is 16.7. The van der Waals surface area contributed by atoms with Gasteiger partial charge in [-0.05, 0) is 12.8 Å². The smallest absolute Gasteiger partial charge is 0.198 e. The summed E-state index contributed by atoms with van der Waals surface area (Å²) in [4.78, 5) is 0. The first-order valence-electron chi connectivity index (χ1n) is 11.9. The van der Waals surface area contributed by atoms with Gasteiger partial charge in [-0.3, -0.25) is 0 Å². The van der Waals surface area contributed by atoms with Gasteiger partial charge >= 0.3 is 0 Å². The number of ether oxygens (including phenoxy) is 1. The predicted molar refractivity (Wildman–Crippen MR) is 121 cm³/mol. The zero-order chi connectivity index (χ0) is 28.4. The normalized spacial score (nSPS) is 15.6. The largest absolute Gasteiger partial charge is 0.366 e. The van der Waals surface area contributed by atoms with Gasteiger partial charge in [0.25, 0.3) is 0 Å². The highest BCUT2D eigenvalue weighted by Gasteiger charge is 2.74. The lowest BCUT2D eigenvalue weighted by Gasteiger charge is -2.60. The van der Waals surface area contributed by atoms with Crippen LogP contribution in [0.15, 0.2) is 0 Å². The molecular formula is C22H46O13. The van der Waals surface area contributed by atoms with Crippen molar-refractivity contribution >= 4 is 0 Å². The molecule has 0 radical (unpaired) electrons. The summed E-state index contributed by atoms with van der Waals surface area (Å²) in [6.45, 7) is 7.12. The van der Waals surface area contributed by atoms with Gasteiger partial charge in [-0.2, -0.15) is 0 Å². The molecule has 212 valence electrons. The fourth-order valence-electron chi connectivity index (χ4n) is 4.09. The summed E-state index contributed by atoms with van der Waals surface area (Å²) in [6, 6.07) is 0. The number of rotatable bonds is 16. The van der Waals surface area contributed by atoms with Gasteiger partial charge in [-0.15, -0.1) is 0 Å². The zero-order valence-corrected chi connectivity index (χ0v) is 21.4. The molecule has 0 saturated carbocycles. The van der Waals surface area contributed by atoms with Gasteiger partial charge in [0.15, 0.2) is 45.9 Å². The monoisotopic (exact) mass is 518 g/mol. The van der Waals surface area contributed by atoms with E-state index in [-0.39, 0.29) is 0 Å². The summed E-state index contributed by atoms with van der Waals surface area (Å²) in [5.41, 5.74) is -6.80. The third-order valence-corrected chi connectivity index (χ3v) is 7.10. The predicted octanol–water partition coefficient (Wildman–Crippen LogP) is -2.19. The molecule has 12 N–H and O–H groups in total. The van der Waals surface area contributed by atoms with Crippen LogP contribution in [-0.4, -0.2) is 107 Å². The molecule has 0 heterocycles. The molecule has 0 amide bonds.